The predicted octanol–water partition coefficient (Wildman–Crippen LogP) is 5.74. The first-order chi connectivity index (χ1) is 18.3. The molecule has 8 nitrogen and oxygen atoms in total. The van der Waals surface area contributed by atoms with Gasteiger partial charge in [-0.25, -0.2) is 13.6 Å². The number of H-pyrrole nitrogens is 2. The molecule has 0 spiro atoms. The van der Waals surface area contributed by atoms with Gasteiger partial charge in [0, 0.05) is 24.5 Å². The zero-order valence-corrected chi connectivity index (χ0v) is 20.8. The molecule has 4 aromatic rings. The normalized spacial score (nSPS) is 15.8. The molecule has 2 aromatic carbocycles. The average molecular weight is 550 g/mol. The van der Waals surface area contributed by atoms with Crippen LogP contribution in [0.3, 0.4) is 0 Å². The number of carbonyl (C=O) groups excluding carboxylic acids is 1. The molecule has 0 saturated carbocycles. The number of nitrogens with one attached hydrogen (secondary N) is 2. The SMILES string of the molecule is Cc1cc(C2c3c(-c4cccc5[nH]c(=O)oc45)n[nH]c3C(=O)N2CC(C)(F)F)ccc1OCCCC(F)(F)F. The molecule has 1 unspecified atom stereocenters. The summed E-state index contributed by atoms with van der Waals surface area (Å²) in [5.74, 6) is -4.24. The molecule has 2 N–H and O–H groups in total. The van der Waals surface area contributed by atoms with Crippen molar-refractivity contribution in [3.05, 3.63) is 69.3 Å². The fraction of sp³-hybridized carbons (Fsp3) is 0.346. The lowest BCUT2D eigenvalue weighted by Crippen LogP contribution is -2.38. The molecule has 1 aliphatic heterocycles. The Kier molecular flexibility index (Phi) is 6.47. The van der Waals surface area contributed by atoms with Crippen molar-refractivity contribution in [1.82, 2.24) is 20.1 Å². The van der Waals surface area contributed by atoms with Gasteiger partial charge in [-0.05, 0) is 48.7 Å². The minimum Gasteiger partial charge on any atom is -0.493 e. The first-order valence-corrected chi connectivity index (χ1v) is 12.0. The Balaban J connectivity index is 1.55. The van der Waals surface area contributed by atoms with Crippen LogP contribution in [0.1, 0.15) is 53.0 Å². The quantitative estimate of drug-likeness (QED) is 0.215. The number of aryl methyl sites for hydroxylation is 1. The van der Waals surface area contributed by atoms with Gasteiger partial charge in [-0.3, -0.25) is 14.9 Å². The molecular weight excluding hydrogens is 527 g/mol. The van der Waals surface area contributed by atoms with E-state index in [2.05, 4.69) is 15.2 Å². The molecular formula is C26H23F5N4O4. The fourth-order valence-electron chi connectivity index (χ4n) is 4.83. The van der Waals surface area contributed by atoms with E-state index in [1.165, 1.54) is 6.07 Å². The maximum atomic E-state index is 14.2. The predicted molar refractivity (Wildman–Crippen MR) is 130 cm³/mol. The van der Waals surface area contributed by atoms with Crippen molar-refractivity contribution in [3.63, 3.8) is 0 Å². The summed E-state index contributed by atoms with van der Waals surface area (Å²) >= 11 is 0. The first kappa shape index (κ1) is 26.4. The topological polar surface area (TPSA) is 104 Å². The van der Waals surface area contributed by atoms with E-state index in [1.807, 2.05) is 0 Å². The lowest BCUT2D eigenvalue weighted by atomic mass is 9.94. The number of ether oxygens (including phenoxy) is 1. The second kappa shape index (κ2) is 9.54. The molecule has 0 fully saturated rings. The Bertz CT molecular complexity index is 1600. The van der Waals surface area contributed by atoms with Crippen LogP contribution < -0.4 is 10.5 Å². The number of hydrogen-bond donors (Lipinski definition) is 2. The summed E-state index contributed by atoms with van der Waals surface area (Å²) in [5.41, 5.74) is 2.61. The van der Waals surface area contributed by atoms with Gasteiger partial charge in [-0.15, -0.1) is 0 Å². The van der Waals surface area contributed by atoms with Gasteiger partial charge < -0.3 is 14.1 Å². The van der Waals surface area contributed by atoms with Gasteiger partial charge in [-0.2, -0.15) is 18.3 Å². The highest BCUT2D eigenvalue weighted by Crippen LogP contribution is 2.45. The number of oxazole rings is 1. The van der Waals surface area contributed by atoms with Gasteiger partial charge in [0.15, 0.2) is 5.58 Å². The first-order valence-electron chi connectivity index (χ1n) is 12.0. The Morgan fingerprint density at radius 2 is 1.90 bits per heavy atom. The van der Waals surface area contributed by atoms with E-state index in [4.69, 9.17) is 9.15 Å². The lowest BCUT2D eigenvalue weighted by Gasteiger charge is -2.29. The van der Waals surface area contributed by atoms with Crippen molar-refractivity contribution < 1.29 is 35.9 Å². The standard InChI is InChI=1S/C26H23F5N4O4/c1-13-11-14(7-8-17(13)38-10-4-9-26(29,30)31)21-18-19(15-5-3-6-16-22(15)39-24(37)32-16)33-34-20(18)23(36)35(21)12-25(2,27)28/h3,5-8,11,21H,4,9-10,12H2,1-2H3,(H,32,37)(H,33,34). The molecule has 2 aromatic heterocycles. The highest BCUT2D eigenvalue weighted by Gasteiger charge is 2.45. The number of halogens is 5. The Morgan fingerprint density at radius 3 is 2.59 bits per heavy atom. The number of nitrogens with zero attached hydrogens (tertiary/aromatic N) is 2. The molecule has 0 radical (unpaired) electrons. The summed E-state index contributed by atoms with van der Waals surface area (Å²) in [7, 11) is 0. The third-order valence-corrected chi connectivity index (χ3v) is 6.39. The highest BCUT2D eigenvalue weighted by molar-refractivity contribution is 6.02. The number of amides is 1. The van der Waals surface area contributed by atoms with Gasteiger partial charge in [0.1, 0.15) is 17.1 Å². The van der Waals surface area contributed by atoms with E-state index in [9.17, 15) is 31.5 Å². The van der Waals surface area contributed by atoms with Crippen LogP contribution in [0.15, 0.2) is 45.6 Å². The van der Waals surface area contributed by atoms with Crippen molar-refractivity contribution in [2.75, 3.05) is 13.2 Å². The largest absolute Gasteiger partial charge is 0.493 e. The van der Waals surface area contributed by atoms with Crippen LogP contribution in [-0.2, 0) is 0 Å². The van der Waals surface area contributed by atoms with E-state index in [0.717, 1.165) is 4.90 Å². The Hall–Kier alpha value is -4.16. The van der Waals surface area contributed by atoms with Crippen molar-refractivity contribution >= 4 is 17.0 Å². The molecule has 5 rings (SSSR count). The van der Waals surface area contributed by atoms with Gasteiger partial charge in [0.2, 0.25) is 0 Å². The molecule has 0 saturated heterocycles. The molecule has 3 heterocycles. The number of benzene rings is 2. The number of para-hydroxylation sites is 1. The van der Waals surface area contributed by atoms with Crippen molar-refractivity contribution in [1.29, 1.82) is 0 Å². The second-order valence-electron chi connectivity index (χ2n) is 9.56. The molecule has 1 atom stereocenters. The van der Waals surface area contributed by atoms with E-state index < -0.39 is 42.8 Å². The molecule has 1 aliphatic rings. The number of hydrogen-bond acceptors (Lipinski definition) is 5. The molecule has 206 valence electrons. The van der Waals surface area contributed by atoms with Gasteiger partial charge >= 0.3 is 11.9 Å². The smallest absolute Gasteiger partial charge is 0.417 e. The minimum absolute atomic E-state index is 0.0271. The Labute approximate surface area is 217 Å². The van der Waals surface area contributed by atoms with Gasteiger partial charge in [0.25, 0.3) is 11.8 Å². The van der Waals surface area contributed by atoms with Crippen LogP contribution in [0, 0.1) is 6.92 Å². The summed E-state index contributed by atoms with van der Waals surface area (Å²) in [6, 6.07) is 8.69. The number of aromatic nitrogens is 3. The van der Waals surface area contributed by atoms with Crippen LogP contribution in [0.4, 0.5) is 22.0 Å². The van der Waals surface area contributed by atoms with E-state index >= 15 is 0 Å². The summed E-state index contributed by atoms with van der Waals surface area (Å²) in [6.45, 7) is 1.35. The molecule has 1 amide bonds. The van der Waals surface area contributed by atoms with Crippen molar-refractivity contribution in [2.45, 2.75) is 44.8 Å². The molecule has 0 aliphatic carbocycles. The number of carbonyl (C=O) groups is 1. The molecule has 13 heteroatoms. The summed E-state index contributed by atoms with van der Waals surface area (Å²) in [6.07, 6.45) is -5.48. The molecule has 39 heavy (non-hydrogen) atoms. The average Bonchev–Trinajstić information content (AvgIpc) is 3.49. The number of alkyl halides is 5. The van der Waals surface area contributed by atoms with Crippen LogP contribution in [0.2, 0.25) is 0 Å². The molecule has 0 bridgehead atoms. The number of fused-ring (bicyclic) bond motifs is 2. The van der Waals surface area contributed by atoms with Crippen LogP contribution in [0.5, 0.6) is 5.75 Å². The maximum Gasteiger partial charge on any atom is 0.417 e. The highest BCUT2D eigenvalue weighted by atomic mass is 19.4. The van der Waals surface area contributed by atoms with Crippen LogP contribution in [-0.4, -0.2) is 51.2 Å². The number of rotatable bonds is 8. The summed E-state index contributed by atoms with van der Waals surface area (Å²) < 4.78 is 76.6. The summed E-state index contributed by atoms with van der Waals surface area (Å²) in [4.78, 5) is 28.7. The monoisotopic (exact) mass is 550 g/mol. The maximum absolute atomic E-state index is 14.2. The second-order valence-corrected chi connectivity index (χ2v) is 9.56. The lowest BCUT2D eigenvalue weighted by molar-refractivity contribution is -0.136. The van der Waals surface area contributed by atoms with Crippen molar-refractivity contribution in [3.8, 4) is 17.0 Å². The number of aromatic amines is 2. The zero-order valence-electron chi connectivity index (χ0n) is 20.8. The van der Waals surface area contributed by atoms with Crippen molar-refractivity contribution in [2.24, 2.45) is 0 Å². The van der Waals surface area contributed by atoms with Crippen LogP contribution >= 0.6 is 0 Å². The Morgan fingerprint density at radius 1 is 1.13 bits per heavy atom. The minimum atomic E-state index is -4.28. The van der Waals surface area contributed by atoms with Crippen LogP contribution in [0.25, 0.3) is 22.4 Å². The van der Waals surface area contributed by atoms with Gasteiger partial charge in [0.05, 0.1) is 24.7 Å². The van der Waals surface area contributed by atoms with E-state index in [0.29, 0.717) is 40.4 Å². The fourth-order valence-corrected chi connectivity index (χ4v) is 4.83. The third-order valence-electron chi connectivity index (χ3n) is 6.39. The van der Waals surface area contributed by atoms with E-state index in [1.54, 1.807) is 37.3 Å². The third kappa shape index (κ3) is 5.25. The summed E-state index contributed by atoms with van der Waals surface area (Å²) in [5, 5.41) is 6.94. The zero-order chi connectivity index (χ0) is 28.1. The van der Waals surface area contributed by atoms with E-state index in [-0.39, 0.29) is 30.0 Å². The van der Waals surface area contributed by atoms with Gasteiger partial charge in [-0.1, -0.05) is 12.1 Å².